The number of benzene rings is 1. The Bertz CT molecular complexity index is 558. The topological polar surface area (TPSA) is 60.9 Å². The van der Waals surface area contributed by atoms with E-state index in [1.807, 2.05) is 18.2 Å². The number of fused-ring (bicyclic) bond motifs is 1. The standard InChI is InChI=1S/C16H20N2O3/c19-15(18-9-4-3-7-14(18)16(20)21)11-17-10-8-12-5-1-2-6-13(12)17/h1-2,5-6,14H,3-4,7-11H2,(H,20,21)/t14-/m1/s1. The maximum Gasteiger partial charge on any atom is 0.326 e. The first-order chi connectivity index (χ1) is 10.2. The lowest BCUT2D eigenvalue weighted by molar-refractivity contribution is -0.151. The van der Waals surface area contributed by atoms with Gasteiger partial charge in [-0.2, -0.15) is 0 Å². The number of likely N-dealkylation sites (tertiary alicyclic amines) is 1. The molecule has 0 aromatic heterocycles. The summed E-state index contributed by atoms with van der Waals surface area (Å²) in [6.07, 6.45) is 3.29. The number of para-hydroxylation sites is 1. The second-order valence-electron chi connectivity index (χ2n) is 5.74. The predicted octanol–water partition coefficient (Wildman–Crippen LogP) is 1.51. The summed E-state index contributed by atoms with van der Waals surface area (Å²) in [5.41, 5.74) is 2.37. The highest BCUT2D eigenvalue weighted by Gasteiger charge is 2.33. The normalized spacial score (nSPS) is 21.2. The van der Waals surface area contributed by atoms with E-state index in [4.69, 9.17) is 0 Å². The summed E-state index contributed by atoms with van der Waals surface area (Å²) in [6, 6.07) is 7.45. The van der Waals surface area contributed by atoms with Crippen molar-refractivity contribution in [2.45, 2.75) is 31.7 Å². The number of hydrogen-bond donors (Lipinski definition) is 1. The molecular weight excluding hydrogens is 268 g/mol. The molecule has 1 amide bonds. The summed E-state index contributed by atoms with van der Waals surface area (Å²) in [7, 11) is 0. The zero-order valence-corrected chi connectivity index (χ0v) is 12.0. The Kier molecular flexibility index (Phi) is 3.82. The van der Waals surface area contributed by atoms with Crippen LogP contribution in [-0.2, 0) is 16.0 Å². The molecule has 21 heavy (non-hydrogen) atoms. The van der Waals surface area contributed by atoms with E-state index in [1.54, 1.807) is 4.90 Å². The van der Waals surface area contributed by atoms with Crippen LogP contribution in [0.15, 0.2) is 24.3 Å². The Hall–Kier alpha value is -2.04. The molecule has 1 fully saturated rings. The number of carbonyl (C=O) groups is 2. The maximum absolute atomic E-state index is 12.5. The lowest BCUT2D eigenvalue weighted by atomic mass is 10.0. The molecule has 0 spiro atoms. The van der Waals surface area contributed by atoms with Gasteiger partial charge < -0.3 is 14.9 Å². The molecule has 1 N–H and O–H groups in total. The minimum Gasteiger partial charge on any atom is -0.480 e. The van der Waals surface area contributed by atoms with Gasteiger partial charge in [0.15, 0.2) is 0 Å². The number of piperidine rings is 1. The van der Waals surface area contributed by atoms with Gasteiger partial charge >= 0.3 is 5.97 Å². The van der Waals surface area contributed by atoms with E-state index in [0.29, 0.717) is 13.0 Å². The third-order valence-electron chi connectivity index (χ3n) is 4.42. The van der Waals surface area contributed by atoms with E-state index in [-0.39, 0.29) is 12.5 Å². The molecule has 2 aliphatic heterocycles. The smallest absolute Gasteiger partial charge is 0.326 e. The number of nitrogens with zero attached hydrogens (tertiary/aromatic N) is 2. The van der Waals surface area contributed by atoms with Gasteiger partial charge in [0.1, 0.15) is 6.04 Å². The molecule has 0 aliphatic carbocycles. The highest BCUT2D eigenvalue weighted by atomic mass is 16.4. The van der Waals surface area contributed by atoms with Crippen molar-refractivity contribution in [3.8, 4) is 0 Å². The highest BCUT2D eigenvalue weighted by Crippen LogP contribution is 2.27. The minimum atomic E-state index is -0.884. The van der Waals surface area contributed by atoms with Crippen LogP contribution >= 0.6 is 0 Å². The van der Waals surface area contributed by atoms with Crippen LogP contribution in [0, 0.1) is 0 Å². The zero-order valence-electron chi connectivity index (χ0n) is 12.0. The first-order valence-electron chi connectivity index (χ1n) is 7.52. The van der Waals surface area contributed by atoms with Crippen molar-refractivity contribution in [2.24, 2.45) is 0 Å². The van der Waals surface area contributed by atoms with Crippen LogP contribution < -0.4 is 4.90 Å². The number of carboxylic acids is 1. The zero-order chi connectivity index (χ0) is 14.8. The summed E-state index contributed by atoms with van der Waals surface area (Å²) in [4.78, 5) is 27.4. The van der Waals surface area contributed by atoms with E-state index in [2.05, 4.69) is 11.0 Å². The van der Waals surface area contributed by atoms with Gasteiger partial charge in [0.05, 0.1) is 6.54 Å². The Balaban J connectivity index is 1.70. The molecule has 0 bridgehead atoms. The Morgan fingerprint density at radius 2 is 2.00 bits per heavy atom. The van der Waals surface area contributed by atoms with Crippen molar-refractivity contribution in [3.63, 3.8) is 0 Å². The average molecular weight is 288 g/mol. The van der Waals surface area contributed by atoms with Crippen molar-refractivity contribution in [2.75, 3.05) is 24.5 Å². The van der Waals surface area contributed by atoms with Gasteiger partial charge in [0, 0.05) is 18.8 Å². The van der Waals surface area contributed by atoms with Crippen LogP contribution in [0.3, 0.4) is 0 Å². The molecule has 1 saturated heterocycles. The van der Waals surface area contributed by atoms with Crippen LogP contribution in [0.5, 0.6) is 0 Å². The van der Waals surface area contributed by atoms with Crippen LogP contribution in [0.4, 0.5) is 5.69 Å². The van der Waals surface area contributed by atoms with Crippen molar-refractivity contribution in [3.05, 3.63) is 29.8 Å². The van der Waals surface area contributed by atoms with E-state index < -0.39 is 12.0 Å². The predicted molar refractivity (Wildman–Crippen MR) is 79.3 cm³/mol. The number of aliphatic carboxylic acids is 1. The third kappa shape index (κ3) is 2.73. The molecule has 1 atom stereocenters. The Morgan fingerprint density at radius 3 is 2.81 bits per heavy atom. The van der Waals surface area contributed by atoms with Crippen LogP contribution in [0.2, 0.25) is 0 Å². The van der Waals surface area contributed by atoms with E-state index in [1.165, 1.54) is 5.56 Å². The van der Waals surface area contributed by atoms with Gasteiger partial charge in [-0.1, -0.05) is 18.2 Å². The van der Waals surface area contributed by atoms with Gasteiger partial charge in [-0.05, 0) is 37.3 Å². The molecule has 112 valence electrons. The maximum atomic E-state index is 12.5. The number of carboxylic acid groups (broad SMARTS) is 1. The summed E-state index contributed by atoms with van der Waals surface area (Å²) in [5.74, 6) is -0.955. The Morgan fingerprint density at radius 1 is 1.19 bits per heavy atom. The third-order valence-corrected chi connectivity index (χ3v) is 4.42. The number of hydrogen-bond acceptors (Lipinski definition) is 3. The fourth-order valence-electron chi connectivity index (χ4n) is 3.31. The summed E-state index contributed by atoms with van der Waals surface area (Å²) >= 11 is 0. The summed E-state index contributed by atoms with van der Waals surface area (Å²) in [6.45, 7) is 1.67. The number of carbonyl (C=O) groups excluding carboxylic acids is 1. The largest absolute Gasteiger partial charge is 0.480 e. The molecule has 2 aliphatic rings. The molecule has 0 radical (unpaired) electrons. The van der Waals surface area contributed by atoms with Gasteiger partial charge in [-0.15, -0.1) is 0 Å². The highest BCUT2D eigenvalue weighted by molar-refractivity contribution is 5.87. The first-order valence-corrected chi connectivity index (χ1v) is 7.52. The van der Waals surface area contributed by atoms with Crippen LogP contribution in [-0.4, -0.2) is 47.6 Å². The number of rotatable bonds is 3. The molecule has 0 saturated carbocycles. The molecule has 2 heterocycles. The molecular formula is C16H20N2O3. The quantitative estimate of drug-likeness (QED) is 0.916. The molecule has 1 aromatic carbocycles. The molecule has 5 nitrogen and oxygen atoms in total. The molecule has 1 aromatic rings. The Labute approximate surface area is 124 Å². The average Bonchev–Trinajstić information content (AvgIpc) is 2.90. The lowest BCUT2D eigenvalue weighted by Gasteiger charge is -2.34. The van der Waals surface area contributed by atoms with E-state index in [0.717, 1.165) is 31.5 Å². The van der Waals surface area contributed by atoms with Crippen molar-refractivity contribution >= 4 is 17.6 Å². The summed E-state index contributed by atoms with van der Waals surface area (Å²) < 4.78 is 0. The molecule has 0 unspecified atom stereocenters. The minimum absolute atomic E-state index is 0.0706. The molecule has 3 rings (SSSR count). The van der Waals surface area contributed by atoms with Gasteiger partial charge in [0.25, 0.3) is 0 Å². The van der Waals surface area contributed by atoms with Crippen molar-refractivity contribution in [1.29, 1.82) is 0 Å². The van der Waals surface area contributed by atoms with Gasteiger partial charge in [0.2, 0.25) is 5.91 Å². The SMILES string of the molecule is O=C(O)[C@H]1CCCCN1C(=O)CN1CCc2ccccc21. The van der Waals surface area contributed by atoms with Gasteiger partial charge in [-0.25, -0.2) is 4.79 Å². The fourth-order valence-corrected chi connectivity index (χ4v) is 3.31. The molecule has 5 heteroatoms. The lowest BCUT2D eigenvalue weighted by Crippen LogP contribution is -2.51. The van der Waals surface area contributed by atoms with Crippen LogP contribution in [0.25, 0.3) is 0 Å². The van der Waals surface area contributed by atoms with Gasteiger partial charge in [-0.3, -0.25) is 4.79 Å². The second kappa shape index (κ2) is 5.76. The fraction of sp³-hybridized carbons (Fsp3) is 0.500. The van der Waals surface area contributed by atoms with E-state index in [9.17, 15) is 14.7 Å². The van der Waals surface area contributed by atoms with Crippen molar-refractivity contribution < 1.29 is 14.7 Å². The monoisotopic (exact) mass is 288 g/mol. The summed E-state index contributed by atoms with van der Waals surface area (Å²) in [5, 5.41) is 9.27. The van der Waals surface area contributed by atoms with E-state index >= 15 is 0 Å². The van der Waals surface area contributed by atoms with Crippen molar-refractivity contribution in [1.82, 2.24) is 4.90 Å². The number of amides is 1. The first kappa shape index (κ1) is 13.9. The van der Waals surface area contributed by atoms with Crippen LogP contribution in [0.1, 0.15) is 24.8 Å². The number of anilines is 1. The second-order valence-corrected chi connectivity index (χ2v) is 5.74.